The lowest BCUT2D eigenvalue weighted by molar-refractivity contribution is -0.122. The summed E-state index contributed by atoms with van der Waals surface area (Å²) in [4.78, 5) is 27.5. The molecule has 1 fully saturated rings. The zero-order valence-corrected chi connectivity index (χ0v) is 12.2. The summed E-state index contributed by atoms with van der Waals surface area (Å²) in [6.45, 7) is 2.83. The second-order valence-electron chi connectivity index (χ2n) is 5.06. The van der Waals surface area contributed by atoms with Crippen LogP contribution in [0.25, 0.3) is 0 Å². The molecule has 1 heterocycles. The number of benzene rings is 1. The predicted molar refractivity (Wildman–Crippen MR) is 80.6 cm³/mol. The summed E-state index contributed by atoms with van der Waals surface area (Å²) in [5, 5.41) is 2.61. The average molecular weight is 303 g/mol. The fraction of sp³-hybridized carbons (Fsp3) is 0.375. The van der Waals surface area contributed by atoms with Gasteiger partial charge in [0.2, 0.25) is 5.91 Å². The van der Waals surface area contributed by atoms with Crippen molar-refractivity contribution in [3.05, 3.63) is 35.6 Å². The maximum absolute atomic E-state index is 12.9. The van der Waals surface area contributed by atoms with Crippen molar-refractivity contribution < 1.29 is 14.0 Å². The van der Waals surface area contributed by atoms with Crippen molar-refractivity contribution in [1.29, 1.82) is 0 Å². The van der Waals surface area contributed by atoms with E-state index in [0.29, 0.717) is 31.7 Å². The minimum atomic E-state index is -0.362. The molecule has 0 atom stereocenters. The minimum Gasteiger partial charge on any atom is -0.344 e. The highest BCUT2D eigenvalue weighted by molar-refractivity contribution is 5.94. The molecular formula is C16H18FN3O2. The second kappa shape index (κ2) is 7.57. The molecular weight excluding hydrogens is 285 g/mol. The van der Waals surface area contributed by atoms with Gasteiger partial charge in [-0.05, 0) is 24.3 Å². The van der Waals surface area contributed by atoms with Gasteiger partial charge in [0.1, 0.15) is 5.82 Å². The van der Waals surface area contributed by atoms with Crippen LogP contribution in [0.4, 0.5) is 4.39 Å². The van der Waals surface area contributed by atoms with Gasteiger partial charge in [0.15, 0.2) is 0 Å². The number of nitrogens with zero attached hydrogens (tertiary/aromatic N) is 2. The van der Waals surface area contributed by atoms with Gasteiger partial charge in [-0.25, -0.2) is 4.39 Å². The minimum absolute atomic E-state index is 0.114. The molecule has 1 aromatic rings. The van der Waals surface area contributed by atoms with E-state index in [1.54, 1.807) is 4.90 Å². The lowest BCUT2D eigenvalue weighted by Gasteiger charge is -2.34. The van der Waals surface area contributed by atoms with Crippen molar-refractivity contribution in [1.82, 2.24) is 15.1 Å². The third-order valence-corrected chi connectivity index (χ3v) is 3.51. The maximum Gasteiger partial charge on any atom is 0.253 e. The van der Waals surface area contributed by atoms with Crippen molar-refractivity contribution in [2.45, 2.75) is 0 Å². The third-order valence-electron chi connectivity index (χ3n) is 3.51. The molecule has 2 rings (SSSR count). The van der Waals surface area contributed by atoms with Crippen LogP contribution in [0.2, 0.25) is 0 Å². The molecule has 0 saturated carbocycles. The number of amides is 2. The molecule has 22 heavy (non-hydrogen) atoms. The van der Waals surface area contributed by atoms with Gasteiger partial charge in [-0.3, -0.25) is 14.5 Å². The Hall–Kier alpha value is -2.39. The van der Waals surface area contributed by atoms with Crippen molar-refractivity contribution in [3.63, 3.8) is 0 Å². The zero-order chi connectivity index (χ0) is 15.9. The molecule has 6 heteroatoms. The summed E-state index contributed by atoms with van der Waals surface area (Å²) in [5.74, 6) is 1.76. The Bertz CT molecular complexity index is 572. The first-order chi connectivity index (χ1) is 10.6. The van der Waals surface area contributed by atoms with Gasteiger partial charge in [0.25, 0.3) is 5.91 Å². The van der Waals surface area contributed by atoms with Crippen LogP contribution in [-0.2, 0) is 4.79 Å². The average Bonchev–Trinajstić information content (AvgIpc) is 2.54. The Morgan fingerprint density at radius 1 is 1.18 bits per heavy atom. The molecule has 1 aromatic carbocycles. The molecule has 2 amide bonds. The smallest absolute Gasteiger partial charge is 0.253 e. The first-order valence-electron chi connectivity index (χ1n) is 7.07. The molecule has 0 radical (unpaired) electrons. The van der Waals surface area contributed by atoms with Gasteiger partial charge in [-0.15, -0.1) is 6.42 Å². The van der Waals surface area contributed by atoms with E-state index < -0.39 is 0 Å². The topological polar surface area (TPSA) is 52.7 Å². The molecule has 1 saturated heterocycles. The van der Waals surface area contributed by atoms with Gasteiger partial charge < -0.3 is 10.2 Å². The molecule has 0 unspecified atom stereocenters. The highest BCUT2D eigenvalue weighted by Crippen LogP contribution is 2.09. The first kappa shape index (κ1) is 16.0. The van der Waals surface area contributed by atoms with E-state index >= 15 is 0 Å². The summed E-state index contributed by atoms with van der Waals surface area (Å²) in [7, 11) is 0. The molecule has 1 aliphatic rings. The molecule has 0 spiro atoms. The van der Waals surface area contributed by atoms with Crippen LogP contribution in [0.5, 0.6) is 0 Å². The number of carbonyl (C=O) groups excluding carboxylic acids is 2. The van der Waals surface area contributed by atoms with Gasteiger partial charge in [0, 0.05) is 31.7 Å². The number of halogens is 1. The lowest BCUT2D eigenvalue weighted by atomic mass is 10.2. The van der Waals surface area contributed by atoms with Crippen molar-refractivity contribution in [2.75, 3.05) is 39.3 Å². The number of terminal acetylenes is 1. The maximum atomic E-state index is 12.9. The molecule has 1 N–H and O–H groups in total. The number of nitrogens with one attached hydrogen (secondary N) is 1. The molecule has 5 nitrogen and oxygen atoms in total. The number of rotatable bonds is 4. The Labute approximate surface area is 129 Å². The first-order valence-corrected chi connectivity index (χ1v) is 7.07. The summed E-state index contributed by atoms with van der Waals surface area (Å²) in [5.41, 5.74) is 0.474. The fourth-order valence-electron chi connectivity index (χ4n) is 2.29. The van der Waals surface area contributed by atoms with Crippen LogP contribution in [0.1, 0.15) is 10.4 Å². The van der Waals surface area contributed by atoms with E-state index in [-0.39, 0.29) is 30.7 Å². The largest absolute Gasteiger partial charge is 0.344 e. The van der Waals surface area contributed by atoms with Crippen molar-refractivity contribution >= 4 is 11.8 Å². The number of carbonyl (C=O) groups is 2. The molecule has 0 bridgehead atoms. The summed E-state index contributed by atoms with van der Waals surface area (Å²) >= 11 is 0. The van der Waals surface area contributed by atoms with Crippen LogP contribution >= 0.6 is 0 Å². The van der Waals surface area contributed by atoms with Crippen LogP contribution in [0.3, 0.4) is 0 Å². The fourth-order valence-corrected chi connectivity index (χ4v) is 2.29. The molecule has 0 aliphatic carbocycles. The van der Waals surface area contributed by atoms with Crippen LogP contribution < -0.4 is 5.32 Å². The summed E-state index contributed by atoms with van der Waals surface area (Å²) in [6.07, 6.45) is 5.08. The van der Waals surface area contributed by atoms with Crippen LogP contribution in [0.15, 0.2) is 24.3 Å². The van der Waals surface area contributed by atoms with E-state index in [1.807, 2.05) is 4.90 Å². The summed E-state index contributed by atoms with van der Waals surface area (Å²) in [6, 6.07) is 5.52. The second-order valence-corrected chi connectivity index (χ2v) is 5.06. The molecule has 0 aromatic heterocycles. The number of piperazine rings is 1. The predicted octanol–water partition coefficient (Wildman–Crippen LogP) is 0.333. The highest BCUT2D eigenvalue weighted by Gasteiger charge is 2.23. The van der Waals surface area contributed by atoms with E-state index in [1.165, 1.54) is 24.3 Å². The highest BCUT2D eigenvalue weighted by atomic mass is 19.1. The molecule has 116 valence electrons. The van der Waals surface area contributed by atoms with Gasteiger partial charge in [-0.2, -0.15) is 0 Å². The van der Waals surface area contributed by atoms with E-state index in [9.17, 15) is 14.0 Å². The monoisotopic (exact) mass is 303 g/mol. The number of hydrogen-bond acceptors (Lipinski definition) is 3. The Balaban J connectivity index is 1.82. The van der Waals surface area contributed by atoms with E-state index in [4.69, 9.17) is 6.42 Å². The normalized spacial score (nSPS) is 15.2. The standard InChI is InChI=1S/C16H18FN3O2/c1-2-7-18-15(21)12-19-8-10-20(11-9-19)16(22)13-3-5-14(17)6-4-13/h1,3-6H,7-12H2,(H,18,21). The lowest BCUT2D eigenvalue weighted by Crippen LogP contribution is -2.51. The Morgan fingerprint density at radius 3 is 2.41 bits per heavy atom. The van der Waals surface area contributed by atoms with E-state index in [2.05, 4.69) is 11.2 Å². The summed E-state index contributed by atoms with van der Waals surface area (Å²) < 4.78 is 12.9. The third kappa shape index (κ3) is 4.30. The van der Waals surface area contributed by atoms with Gasteiger partial charge in [0.05, 0.1) is 13.1 Å². The van der Waals surface area contributed by atoms with Crippen LogP contribution in [-0.4, -0.2) is 60.9 Å². The van der Waals surface area contributed by atoms with Gasteiger partial charge in [-0.1, -0.05) is 5.92 Å². The Kier molecular flexibility index (Phi) is 5.50. The zero-order valence-electron chi connectivity index (χ0n) is 12.2. The molecule has 1 aliphatic heterocycles. The van der Waals surface area contributed by atoms with Crippen molar-refractivity contribution in [2.24, 2.45) is 0 Å². The van der Waals surface area contributed by atoms with Crippen LogP contribution in [0, 0.1) is 18.2 Å². The number of hydrogen-bond donors (Lipinski definition) is 1. The Morgan fingerprint density at radius 2 is 1.82 bits per heavy atom. The van der Waals surface area contributed by atoms with Gasteiger partial charge >= 0.3 is 0 Å². The van der Waals surface area contributed by atoms with Crippen molar-refractivity contribution in [3.8, 4) is 12.3 Å². The SMILES string of the molecule is C#CCNC(=O)CN1CCN(C(=O)c2ccc(F)cc2)CC1. The quantitative estimate of drug-likeness (QED) is 0.816. The van der Waals surface area contributed by atoms with E-state index in [0.717, 1.165) is 0 Å².